The van der Waals surface area contributed by atoms with Gasteiger partial charge in [0.2, 0.25) is 0 Å². The monoisotopic (exact) mass is 176 g/mol. The minimum atomic E-state index is -0.319. The molecule has 0 aromatic rings. The SMILES string of the molecule is CC1N=NCC1(C)C(=N)N.Cl. The van der Waals surface area contributed by atoms with Gasteiger partial charge in [0.1, 0.15) is 5.84 Å². The smallest absolute Gasteiger partial charge is 0.101 e. The summed E-state index contributed by atoms with van der Waals surface area (Å²) in [5.74, 6) is 0.185. The molecule has 1 aliphatic rings. The first-order valence-electron chi connectivity index (χ1n) is 3.28. The Balaban J connectivity index is 0.000001000. The molecule has 0 fully saturated rings. The predicted octanol–water partition coefficient (Wildman–Crippen LogP) is 1.20. The van der Waals surface area contributed by atoms with Gasteiger partial charge in [0.05, 0.1) is 18.0 Å². The van der Waals surface area contributed by atoms with Gasteiger partial charge in [-0.25, -0.2) is 0 Å². The van der Waals surface area contributed by atoms with Crippen molar-refractivity contribution in [2.24, 2.45) is 21.4 Å². The average molecular weight is 177 g/mol. The number of nitrogens with zero attached hydrogens (tertiary/aromatic N) is 2. The van der Waals surface area contributed by atoms with Crippen LogP contribution < -0.4 is 5.73 Å². The fourth-order valence-corrected chi connectivity index (χ4v) is 0.880. The van der Waals surface area contributed by atoms with E-state index in [-0.39, 0.29) is 29.7 Å². The topological polar surface area (TPSA) is 74.6 Å². The van der Waals surface area contributed by atoms with Gasteiger partial charge in [-0.3, -0.25) is 5.41 Å². The van der Waals surface area contributed by atoms with Crippen molar-refractivity contribution in [2.75, 3.05) is 6.54 Å². The highest BCUT2D eigenvalue weighted by molar-refractivity contribution is 5.85. The van der Waals surface area contributed by atoms with Gasteiger partial charge >= 0.3 is 0 Å². The molecular formula is C6H13ClN4. The van der Waals surface area contributed by atoms with Crippen LogP contribution in [0.5, 0.6) is 0 Å². The summed E-state index contributed by atoms with van der Waals surface area (Å²) in [6.07, 6.45) is 0. The highest BCUT2D eigenvalue weighted by atomic mass is 35.5. The van der Waals surface area contributed by atoms with Crippen molar-refractivity contribution in [1.82, 2.24) is 0 Å². The fraction of sp³-hybridized carbons (Fsp3) is 0.833. The zero-order valence-electron chi connectivity index (χ0n) is 6.66. The van der Waals surface area contributed by atoms with Crippen molar-refractivity contribution in [3.05, 3.63) is 0 Å². The molecule has 0 spiro atoms. The number of hydrogen-bond donors (Lipinski definition) is 2. The molecule has 64 valence electrons. The molecule has 2 unspecified atom stereocenters. The largest absolute Gasteiger partial charge is 0.387 e. The van der Waals surface area contributed by atoms with E-state index in [1.807, 2.05) is 13.8 Å². The summed E-state index contributed by atoms with van der Waals surface area (Å²) >= 11 is 0. The third-order valence-electron chi connectivity index (χ3n) is 2.19. The molecule has 11 heavy (non-hydrogen) atoms. The van der Waals surface area contributed by atoms with E-state index in [1.54, 1.807) is 0 Å². The van der Waals surface area contributed by atoms with Crippen LogP contribution in [0.25, 0.3) is 0 Å². The molecule has 1 heterocycles. The summed E-state index contributed by atoms with van der Waals surface area (Å²) in [5.41, 5.74) is 5.07. The highest BCUT2D eigenvalue weighted by Crippen LogP contribution is 2.29. The molecule has 4 nitrogen and oxygen atoms in total. The molecule has 0 radical (unpaired) electrons. The summed E-state index contributed by atoms with van der Waals surface area (Å²) in [6, 6.07) is 0.0602. The lowest BCUT2D eigenvalue weighted by molar-refractivity contribution is 0.447. The number of rotatable bonds is 1. The molecule has 2 atom stereocenters. The van der Waals surface area contributed by atoms with Gasteiger partial charge < -0.3 is 5.73 Å². The van der Waals surface area contributed by atoms with Crippen LogP contribution in [-0.4, -0.2) is 18.4 Å². The van der Waals surface area contributed by atoms with Gasteiger partial charge in [-0.15, -0.1) is 12.4 Å². The van der Waals surface area contributed by atoms with E-state index in [0.29, 0.717) is 6.54 Å². The maximum Gasteiger partial charge on any atom is 0.101 e. The maximum atomic E-state index is 7.28. The van der Waals surface area contributed by atoms with Crippen molar-refractivity contribution in [3.63, 3.8) is 0 Å². The second-order valence-electron chi connectivity index (χ2n) is 2.92. The Labute approximate surface area is 72.2 Å². The lowest BCUT2D eigenvalue weighted by atomic mass is 9.83. The van der Waals surface area contributed by atoms with E-state index in [9.17, 15) is 0 Å². The van der Waals surface area contributed by atoms with E-state index in [1.165, 1.54) is 0 Å². The van der Waals surface area contributed by atoms with Crippen molar-refractivity contribution in [2.45, 2.75) is 19.9 Å². The van der Waals surface area contributed by atoms with Gasteiger partial charge in [-0.1, -0.05) is 0 Å². The van der Waals surface area contributed by atoms with Crippen molar-refractivity contribution >= 4 is 18.2 Å². The first-order valence-corrected chi connectivity index (χ1v) is 3.28. The van der Waals surface area contributed by atoms with Crippen LogP contribution in [-0.2, 0) is 0 Å². The van der Waals surface area contributed by atoms with Gasteiger partial charge in [0.25, 0.3) is 0 Å². The molecule has 0 amide bonds. The molecule has 0 saturated heterocycles. The Morgan fingerprint density at radius 1 is 1.73 bits per heavy atom. The first-order chi connectivity index (χ1) is 4.57. The molecule has 0 aliphatic carbocycles. The summed E-state index contributed by atoms with van der Waals surface area (Å²) in [6.45, 7) is 4.40. The molecule has 0 aromatic carbocycles. The van der Waals surface area contributed by atoms with Crippen LogP contribution in [0.1, 0.15) is 13.8 Å². The fourth-order valence-electron chi connectivity index (χ4n) is 0.880. The first kappa shape index (κ1) is 10.4. The summed E-state index contributed by atoms with van der Waals surface area (Å²) < 4.78 is 0. The molecule has 0 saturated carbocycles. The Morgan fingerprint density at radius 2 is 2.27 bits per heavy atom. The normalized spacial score (nSPS) is 34.9. The summed E-state index contributed by atoms with van der Waals surface area (Å²) in [5, 5.41) is 15.0. The molecule has 0 bridgehead atoms. The van der Waals surface area contributed by atoms with Gasteiger partial charge in [-0.2, -0.15) is 10.2 Å². The van der Waals surface area contributed by atoms with Gasteiger partial charge in [0, 0.05) is 0 Å². The van der Waals surface area contributed by atoms with Crippen molar-refractivity contribution in [3.8, 4) is 0 Å². The third-order valence-corrected chi connectivity index (χ3v) is 2.19. The Kier molecular flexibility index (Phi) is 2.99. The number of amidine groups is 1. The maximum absolute atomic E-state index is 7.28. The number of azo groups is 1. The predicted molar refractivity (Wildman–Crippen MR) is 46.5 cm³/mol. The van der Waals surface area contributed by atoms with E-state index in [0.717, 1.165) is 0 Å². The summed E-state index contributed by atoms with van der Waals surface area (Å²) in [7, 11) is 0. The number of nitrogens with two attached hydrogens (primary N) is 1. The van der Waals surface area contributed by atoms with Crippen LogP contribution in [0.3, 0.4) is 0 Å². The van der Waals surface area contributed by atoms with E-state index < -0.39 is 0 Å². The quantitative estimate of drug-likeness (QED) is 0.457. The van der Waals surface area contributed by atoms with E-state index >= 15 is 0 Å². The number of nitrogens with one attached hydrogen (secondary N) is 1. The Morgan fingerprint density at radius 3 is 2.45 bits per heavy atom. The second-order valence-corrected chi connectivity index (χ2v) is 2.92. The lowest BCUT2D eigenvalue weighted by Gasteiger charge is -2.23. The van der Waals surface area contributed by atoms with Crippen LogP contribution >= 0.6 is 12.4 Å². The third kappa shape index (κ3) is 1.50. The van der Waals surface area contributed by atoms with Crippen LogP contribution in [0.15, 0.2) is 10.2 Å². The minimum Gasteiger partial charge on any atom is -0.387 e. The second kappa shape index (κ2) is 3.17. The molecule has 1 aliphatic heterocycles. The Bertz CT molecular complexity index is 191. The highest BCUT2D eigenvalue weighted by Gasteiger charge is 2.38. The van der Waals surface area contributed by atoms with Crippen LogP contribution in [0, 0.1) is 10.8 Å². The van der Waals surface area contributed by atoms with Crippen LogP contribution in [0.4, 0.5) is 0 Å². The Hall–Kier alpha value is -0.640. The number of hydrogen-bond acceptors (Lipinski definition) is 3. The van der Waals surface area contributed by atoms with Gasteiger partial charge in [0.15, 0.2) is 0 Å². The average Bonchev–Trinajstić information content (AvgIpc) is 2.15. The van der Waals surface area contributed by atoms with Gasteiger partial charge in [-0.05, 0) is 13.8 Å². The summed E-state index contributed by atoms with van der Waals surface area (Å²) in [4.78, 5) is 0. The van der Waals surface area contributed by atoms with Crippen LogP contribution in [0.2, 0.25) is 0 Å². The van der Waals surface area contributed by atoms with E-state index in [4.69, 9.17) is 11.1 Å². The van der Waals surface area contributed by atoms with Crippen molar-refractivity contribution in [1.29, 1.82) is 5.41 Å². The molecule has 0 aromatic heterocycles. The zero-order chi connectivity index (χ0) is 7.78. The van der Waals surface area contributed by atoms with Crippen molar-refractivity contribution < 1.29 is 0 Å². The standard InChI is InChI=1S/C6H12N4.ClH/c1-4-6(2,5(7)8)3-9-10-4;/h4H,3H2,1-2H3,(H3,7,8);1H. The molecule has 1 rings (SSSR count). The van der Waals surface area contributed by atoms with E-state index in [2.05, 4.69) is 10.2 Å². The minimum absolute atomic E-state index is 0. The molecule has 3 N–H and O–H groups in total. The number of halogens is 1. The molecule has 5 heteroatoms. The lowest BCUT2D eigenvalue weighted by Crippen LogP contribution is -2.41. The zero-order valence-corrected chi connectivity index (χ0v) is 7.48. The molecular weight excluding hydrogens is 164 g/mol.